The lowest BCUT2D eigenvalue weighted by molar-refractivity contribution is 0.0173. The molecule has 5 nitrogen and oxygen atoms in total. The van der Waals surface area contributed by atoms with Crippen molar-refractivity contribution in [3.05, 3.63) is 28.3 Å². The number of hydrogen-bond donors (Lipinski definition) is 2. The van der Waals surface area contributed by atoms with Gasteiger partial charge in [0.1, 0.15) is 0 Å². The highest BCUT2D eigenvalue weighted by molar-refractivity contribution is 7.89. The molecular weight excluding hydrogens is 312 g/mol. The molecule has 7 heteroatoms. The van der Waals surface area contributed by atoms with Crippen LogP contribution in [-0.4, -0.2) is 27.2 Å². The van der Waals surface area contributed by atoms with E-state index < -0.39 is 10.0 Å². The lowest BCUT2D eigenvalue weighted by Crippen LogP contribution is -2.41. The van der Waals surface area contributed by atoms with Gasteiger partial charge in [0.15, 0.2) is 0 Å². The van der Waals surface area contributed by atoms with Crippen LogP contribution in [0.1, 0.15) is 30.9 Å². The molecule has 1 aliphatic rings. The third-order valence-corrected chi connectivity index (χ3v) is 5.61. The number of ether oxygens (including phenoxy) is 1. The molecule has 1 heterocycles. The zero-order valence-corrected chi connectivity index (χ0v) is 13.8. The second kappa shape index (κ2) is 6.62. The summed E-state index contributed by atoms with van der Waals surface area (Å²) < 4.78 is 33.4. The minimum atomic E-state index is -3.61. The second-order valence-corrected chi connectivity index (χ2v) is 7.54. The number of nitrogens with two attached hydrogens (primary N) is 1. The van der Waals surface area contributed by atoms with Crippen LogP contribution in [0.25, 0.3) is 0 Å². The summed E-state index contributed by atoms with van der Waals surface area (Å²) in [5.74, 6) is 0. The Morgan fingerprint density at radius 1 is 1.48 bits per heavy atom. The fourth-order valence-electron chi connectivity index (χ4n) is 2.59. The molecule has 1 aliphatic heterocycles. The Hall–Kier alpha value is -0.660. The van der Waals surface area contributed by atoms with Crippen molar-refractivity contribution < 1.29 is 13.2 Å². The van der Waals surface area contributed by atoms with Gasteiger partial charge in [-0.2, -0.15) is 0 Å². The maximum absolute atomic E-state index is 12.6. The number of benzene rings is 1. The Labute approximate surface area is 130 Å². The number of rotatable bonds is 4. The molecule has 2 rings (SSSR count). The van der Waals surface area contributed by atoms with E-state index in [1.165, 1.54) is 6.07 Å². The zero-order valence-electron chi connectivity index (χ0n) is 12.2. The van der Waals surface area contributed by atoms with Crippen molar-refractivity contribution in [2.24, 2.45) is 5.73 Å². The molecule has 0 saturated carbocycles. The van der Waals surface area contributed by atoms with Crippen molar-refractivity contribution in [1.29, 1.82) is 0 Å². The van der Waals surface area contributed by atoms with Crippen LogP contribution in [-0.2, 0) is 21.3 Å². The molecule has 0 aliphatic carbocycles. The molecule has 2 unspecified atom stereocenters. The Morgan fingerprint density at radius 2 is 2.19 bits per heavy atom. The van der Waals surface area contributed by atoms with E-state index in [1.807, 2.05) is 6.92 Å². The molecule has 1 aromatic carbocycles. The summed E-state index contributed by atoms with van der Waals surface area (Å²) in [6.07, 6.45) is 1.40. The normalized spacial score (nSPS) is 23.2. The lowest BCUT2D eigenvalue weighted by atomic mass is 10.1. The molecule has 21 heavy (non-hydrogen) atoms. The van der Waals surface area contributed by atoms with Crippen molar-refractivity contribution in [1.82, 2.24) is 4.72 Å². The molecule has 0 bridgehead atoms. The van der Waals surface area contributed by atoms with Crippen LogP contribution in [0.4, 0.5) is 0 Å². The number of halogens is 1. The van der Waals surface area contributed by atoms with Gasteiger partial charge in [-0.15, -0.1) is 0 Å². The van der Waals surface area contributed by atoms with E-state index in [-0.39, 0.29) is 23.6 Å². The standard InChI is InChI=1S/C14H21ClN2O3S/c1-9-5-13(3-4-20-9)17-21(18,19)14-7-12(15)6-11(8-16)10(14)2/h6-7,9,13,17H,3-5,8,16H2,1-2H3. The molecule has 2 atom stereocenters. The number of hydrogen-bond acceptors (Lipinski definition) is 4. The SMILES string of the molecule is Cc1c(CN)cc(Cl)cc1S(=O)(=O)NC1CCOC(C)C1. The van der Waals surface area contributed by atoms with E-state index in [0.717, 1.165) is 5.56 Å². The molecule has 0 radical (unpaired) electrons. The van der Waals surface area contributed by atoms with Gasteiger partial charge in [0.25, 0.3) is 0 Å². The summed E-state index contributed by atoms with van der Waals surface area (Å²) in [5, 5.41) is 0.377. The minimum Gasteiger partial charge on any atom is -0.378 e. The van der Waals surface area contributed by atoms with Crippen molar-refractivity contribution >= 4 is 21.6 Å². The van der Waals surface area contributed by atoms with E-state index in [1.54, 1.807) is 13.0 Å². The Morgan fingerprint density at radius 3 is 2.81 bits per heavy atom. The first-order chi connectivity index (χ1) is 9.83. The van der Waals surface area contributed by atoms with Gasteiger partial charge >= 0.3 is 0 Å². The van der Waals surface area contributed by atoms with Crippen LogP contribution in [0.3, 0.4) is 0 Å². The van der Waals surface area contributed by atoms with Crippen LogP contribution >= 0.6 is 11.6 Å². The van der Waals surface area contributed by atoms with Crippen LogP contribution in [0.5, 0.6) is 0 Å². The average molecular weight is 333 g/mol. The van der Waals surface area contributed by atoms with Gasteiger partial charge in [0.05, 0.1) is 11.0 Å². The average Bonchev–Trinajstić information content (AvgIpc) is 2.40. The van der Waals surface area contributed by atoms with Crippen LogP contribution in [0.15, 0.2) is 17.0 Å². The maximum Gasteiger partial charge on any atom is 0.241 e. The third kappa shape index (κ3) is 3.96. The topological polar surface area (TPSA) is 81.4 Å². The molecule has 3 N–H and O–H groups in total. The first-order valence-corrected chi connectivity index (χ1v) is 8.82. The zero-order chi connectivity index (χ0) is 15.6. The summed E-state index contributed by atoms with van der Waals surface area (Å²) >= 11 is 6.00. The van der Waals surface area contributed by atoms with Gasteiger partial charge in [-0.1, -0.05) is 11.6 Å². The molecule has 118 valence electrons. The monoisotopic (exact) mass is 332 g/mol. The first-order valence-electron chi connectivity index (χ1n) is 6.96. The summed E-state index contributed by atoms with van der Waals surface area (Å²) in [7, 11) is -3.61. The van der Waals surface area contributed by atoms with Crippen LogP contribution in [0, 0.1) is 6.92 Å². The molecule has 1 fully saturated rings. The molecular formula is C14H21ClN2O3S. The molecule has 0 amide bonds. The lowest BCUT2D eigenvalue weighted by Gasteiger charge is -2.28. The number of nitrogens with one attached hydrogen (secondary N) is 1. The Balaban J connectivity index is 2.29. The number of sulfonamides is 1. The van der Waals surface area contributed by atoms with E-state index in [0.29, 0.717) is 30.0 Å². The predicted molar refractivity (Wildman–Crippen MR) is 82.8 cm³/mol. The second-order valence-electron chi connectivity index (χ2n) is 5.42. The molecule has 1 saturated heterocycles. The van der Waals surface area contributed by atoms with Crippen molar-refractivity contribution in [2.75, 3.05) is 6.61 Å². The van der Waals surface area contributed by atoms with Gasteiger partial charge in [-0.3, -0.25) is 0 Å². The highest BCUT2D eigenvalue weighted by Crippen LogP contribution is 2.25. The highest BCUT2D eigenvalue weighted by Gasteiger charge is 2.26. The fourth-order valence-corrected chi connectivity index (χ4v) is 4.49. The smallest absolute Gasteiger partial charge is 0.241 e. The van der Waals surface area contributed by atoms with Gasteiger partial charge in [-0.05, 0) is 49.9 Å². The largest absolute Gasteiger partial charge is 0.378 e. The van der Waals surface area contributed by atoms with Crippen LogP contribution < -0.4 is 10.5 Å². The molecule has 1 aromatic rings. The maximum atomic E-state index is 12.6. The van der Waals surface area contributed by atoms with E-state index in [9.17, 15) is 8.42 Å². The molecule has 0 spiro atoms. The van der Waals surface area contributed by atoms with E-state index in [4.69, 9.17) is 22.1 Å². The summed E-state index contributed by atoms with van der Waals surface area (Å²) in [6, 6.07) is 3.06. The highest BCUT2D eigenvalue weighted by atomic mass is 35.5. The van der Waals surface area contributed by atoms with E-state index >= 15 is 0 Å². The van der Waals surface area contributed by atoms with Crippen molar-refractivity contribution in [3.8, 4) is 0 Å². The Kier molecular flexibility index (Phi) is 5.27. The van der Waals surface area contributed by atoms with Gasteiger partial charge < -0.3 is 10.5 Å². The summed E-state index contributed by atoms with van der Waals surface area (Å²) in [4.78, 5) is 0.203. The van der Waals surface area contributed by atoms with Crippen molar-refractivity contribution in [3.63, 3.8) is 0 Å². The summed E-state index contributed by atoms with van der Waals surface area (Å²) in [5.41, 5.74) is 7.03. The molecule has 0 aromatic heterocycles. The van der Waals surface area contributed by atoms with Gasteiger partial charge in [0.2, 0.25) is 10.0 Å². The summed E-state index contributed by atoms with van der Waals surface area (Å²) in [6.45, 7) is 4.51. The third-order valence-electron chi connectivity index (χ3n) is 3.75. The Bertz CT molecular complexity index is 619. The van der Waals surface area contributed by atoms with Gasteiger partial charge in [0, 0.05) is 24.2 Å². The quantitative estimate of drug-likeness (QED) is 0.883. The van der Waals surface area contributed by atoms with Crippen LogP contribution in [0.2, 0.25) is 5.02 Å². The van der Waals surface area contributed by atoms with Crippen molar-refractivity contribution in [2.45, 2.75) is 50.3 Å². The fraction of sp³-hybridized carbons (Fsp3) is 0.571. The van der Waals surface area contributed by atoms with Gasteiger partial charge in [-0.25, -0.2) is 13.1 Å². The predicted octanol–water partition coefficient (Wildman–Crippen LogP) is 1.95. The minimum absolute atomic E-state index is 0.0616. The first kappa shape index (κ1) is 16.7. The van der Waals surface area contributed by atoms with E-state index in [2.05, 4.69) is 4.72 Å².